The van der Waals surface area contributed by atoms with Gasteiger partial charge in [-0.2, -0.15) is 26.3 Å². The first-order valence-electron chi connectivity index (χ1n) is 19.8. The Bertz CT molecular complexity index is 2460. The number of carbonyl (C=O) groups excluding carboxylic acids is 2. The van der Waals surface area contributed by atoms with Gasteiger partial charge in [-0.05, 0) is 121 Å². The van der Waals surface area contributed by atoms with Crippen molar-refractivity contribution >= 4 is 34.8 Å². The minimum Gasteiger partial charge on any atom is -0.483 e. The van der Waals surface area contributed by atoms with E-state index in [2.05, 4.69) is 0 Å². The summed E-state index contributed by atoms with van der Waals surface area (Å²) >= 11 is 12.7. The van der Waals surface area contributed by atoms with Gasteiger partial charge >= 0.3 is 12.4 Å². The van der Waals surface area contributed by atoms with Gasteiger partial charge in [0.25, 0.3) is 0 Å². The van der Waals surface area contributed by atoms with Gasteiger partial charge in [0, 0.05) is 27.3 Å². The maximum atomic E-state index is 15.0. The van der Waals surface area contributed by atoms with Crippen LogP contribution >= 0.6 is 23.2 Å². The molecule has 6 aromatic rings. The number of rotatable bonds is 15. The van der Waals surface area contributed by atoms with Gasteiger partial charge < -0.3 is 9.47 Å². The fourth-order valence-electron chi connectivity index (χ4n) is 7.42. The largest absolute Gasteiger partial charge is 0.483 e. The van der Waals surface area contributed by atoms with E-state index in [1.807, 2.05) is 32.9 Å². The summed E-state index contributed by atoms with van der Waals surface area (Å²) in [4.78, 5) is 25.6. The summed E-state index contributed by atoms with van der Waals surface area (Å²) in [6.45, 7) is 7.53. The van der Waals surface area contributed by atoms with Crippen LogP contribution in [0.1, 0.15) is 101 Å². The van der Waals surface area contributed by atoms with Crippen molar-refractivity contribution in [3.63, 3.8) is 0 Å². The second-order valence-corrected chi connectivity index (χ2v) is 16.3. The molecule has 1 unspecified atom stereocenters. The summed E-state index contributed by atoms with van der Waals surface area (Å²) in [5.41, 5.74) is -4.44. The van der Waals surface area contributed by atoms with Gasteiger partial charge in [0.1, 0.15) is 22.8 Å². The minimum atomic E-state index is -5.82. The molecule has 0 amide bonds. The van der Waals surface area contributed by atoms with Gasteiger partial charge in [0.15, 0.2) is 11.6 Å². The molecule has 1 atom stereocenters. The summed E-state index contributed by atoms with van der Waals surface area (Å²) in [5.74, 6) is -0.275. The lowest BCUT2D eigenvalue weighted by molar-refractivity contribution is -0.288. The summed E-state index contributed by atoms with van der Waals surface area (Å²) in [6.07, 6.45) is -9.83. The second kappa shape index (κ2) is 18.0. The van der Waals surface area contributed by atoms with Crippen LogP contribution in [0.4, 0.5) is 26.3 Å². The summed E-state index contributed by atoms with van der Waals surface area (Å²) in [5, 5.41) is 0.486. The van der Waals surface area contributed by atoms with Crippen molar-refractivity contribution in [1.82, 2.24) is 0 Å². The van der Waals surface area contributed by atoms with Crippen molar-refractivity contribution in [1.29, 1.82) is 0 Å². The van der Waals surface area contributed by atoms with Crippen molar-refractivity contribution < 1.29 is 45.4 Å². The Morgan fingerprint density at radius 1 is 0.468 bits per heavy atom. The normalized spacial score (nSPS) is 13.3. The van der Waals surface area contributed by atoms with E-state index in [1.165, 1.54) is 24.3 Å². The van der Waals surface area contributed by atoms with Gasteiger partial charge in [-0.1, -0.05) is 105 Å². The van der Waals surface area contributed by atoms with Crippen LogP contribution in [-0.4, -0.2) is 23.9 Å². The molecule has 12 heteroatoms. The maximum Gasteiger partial charge on any atom is 0.411 e. The van der Waals surface area contributed by atoms with Crippen molar-refractivity contribution in [3.05, 3.63) is 195 Å². The van der Waals surface area contributed by atoms with E-state index in [4.69, 9.17) is 32.7 Å². The molecule has 0 aliphatic rings. The third-order valence-electron chi connectivity index (χ3n) is 11.4. The van der Waals surface area contributed by atoms with Crippen molar-refractivity contribution in [2.24, 2.45) is 0 Å². The van der Waals surface area contributed by atoms with Crippen LogP contribution in [0.25, 0.3) is 0 Å². The molecule has 4 nitrogen and oxygen atoms in total. The topological polar surface area (TPSA) is 52.6 Å². The Kier molecular flexibility index (Phi) is 13.4. The van der Waals surface area contributed by atoms with Crippen LogP contribution in [0.2, 0.25) is 5.02 Å². The van der Waals surface area contributed by atoms with E-state index in [0.717, 1.165) is 66.9 Å². The molecular formula is C50H42Cl2F6O4. The number of halogens is 8. The van der Waals surface area contributed by atoms with Crippen LogP contribution in [0, 0.1) is 0 Å². The third-order valence-corrected chi connectivity index (χ3v) is 12.4. The first-order valence-corrected chi connectivity index (χ1v) is 20.6. The van der Waals surface area contributed by atoms with Crippen LogP contribution in [0.3, 0.4) is 0 Å². The molecule has 0 N–H and O–H groups in total. The highest BCUT2D eigenvalue weighted by Gasteiger charge is 2.72. The highest BCUT2D eigenvalue weighted by Crippen LogP contribution is 2.56. The van der Waals surface area contributed by atoms with Crippen LogP contribution in [-0.2, 0) is 15.9 Å². The molecule has 0 bridgehead atoms. The minimum absolute atomic E-state index is 0.0250. The molecule has 0 saturated heterocycles. The molecule has 0 aliphatic heterocycles. The lowest BCUT2D eigenvalue weighted by Crippen LogP contribution is -2.54. The molecule has 0 heterocycles. The third kappa shape index (κ3) is 9.13. The molecule has 0 aromatic heterocycles. The Balaban J connectivity index is 1.20. The predicted octanol–water partition coefficient (Wildman–Crippen LogP) is 15.0. The van der Waals surface area contributed by atoms with Crippen LogP contribution < -0.4 is 9.47 Å². The van der Waals surface area contributed by atoms with Crippen molar-refractivity contribution in [2.75, 3.05) is 0 Å². The number of carbonyl (C=O) groups is 2. The number of ketones is 2. The fourth-order valence-corrected chi connectivity index (χ4v) is 7.67. The monoisotopic (exact) mass is 890 g/mol. The van der Waals surface area contributed by atoms with Crippen LogP contribution in [0.5, 0.6) is 17.2 Å². The molecule has 0 fully saturated rings. The van der Waals surface area contributed by atoms with Gasteiger partial charge in [0.2, 0.25) is 5.41 Å². The molecule has 6 rings (SSSR count). The summed E-state index contributed by atoms with van der Waals surface area (Å²) < 4.78 is 102. The Labute approximate surface area is 366 Å². The van der Waals surface area contributed by atoms with Crippen molar-refractivity contribution in [2.45, 2.75) is 75.2 Å². The molecule has 0 aliphatic carbocycles. The Morgan fingerprint density at radius 3 is 1.16 bits per heavy atom. The average molecular weight is 892 g/mol. The highest BCUT2D eigenvalue weighted by molar-refractivity contribution is 6.30. The zero-order valence-corrected chi connectivity index (χ0v) is 35.6. The molecule has 6 aromatic carbocycles. The van der Waals surface area contributed by atoms with Crippen molar-refractivity contribution in [3.8, 4) is 17.2 Å². The van der Waals surface area contributed by atoms with Gasteiger partial charge in [0.05, 0.1) is 4.87 Å². The van der Waals surface area contributed by atoms with E-state index in [1.54, 1.807) is 67.6 Å². The Hall–Kier alpha value is -5.58. The molecular weight excluding hydrogens is 849 g/mol. The first kappa shape index (κ1) is 45.9. The number of ether oxygens (including phenoxy) is 2. The zero-order chi connectivity index (χ0) is 45.1. The van der Waals surface area contributed by atoms with E-state index in [-0.39, 0.29) is 28.8 Å². The number of benzene rings is 6. The van der Waals surface area contributed by atoms with E-state index in [9.17, 15) is 9.59 Å². The number of hydrogen-bond donors (Lipinski definition) is 0. The maximum absolute atomic E-state index is 15.0. The van der Waals surface area contributed by atoms with Gasteiger partial charge in [-0.25, -0.2) is 0 Å². The van der Waals surface area contributed by atoms with E-state index in [0.29, 0.717) is 39.3 Å². The smallest absolute Gasteiger partial charge is 0.411 e. The lowest BCUT2D eigenvalue weighted by atomic mass is 9.73. The first-order chi connectivity index (χ1) is 29.3. The predicted molar refractivity (Wildman–Crippen MR) is 230 cm³/mol. The molecule has 322 valence electrons. The molecule has 0 saturated carbocycles. The van der Waals surface area contributed by atoms with Gasteiger partial charge in [-0.3, -0.25) is 9.59 Å². The lowest BCUT2D eigenvalue weighted by Gasteiger charge is -2.38. The quantitative estimate of drug-likeness (QED) is 0.0585. The summed E-state index contributed by atoms with van der Waals surface area (Å²) in [7, 11) is 0. The zero-order valence-electron chi connectivity index (χ0n) is 34.1. The second-order valence-electron chi connectivity index (χ2n) is 15.1. The van der Waals surface area contributed by atoms with Crippen LogP contribution in [0.15, 0.2) is 146 Å². The molecule has 62 heavy (non-hydrogen) atoms. The standard InChI is InChI=1S/C50H42Cl2F6O4/c1-5-46(4,36-16-8-32(9-17-36)44(59)34-12-24-40(51)25-13-34)62-43-30-22-39(23-31-43)48(49(53,54)55,50(56,57)58)38-20-28-42(29-21-38)61-41-26-14-35(15-27-41)45(60)33-10-18-37(19-11-33)47(52,6-2)7-3/h8-31H,5-7H2,1-4H3. The fraction of sp³-hybridized carbons (Fsp3) is 0.240. The van der Waals surface area contributed by atoms with E-state index < -0.39 is 39.4 Å². The average Bonchev–Trinajstić information content (AvgIpc) is 3.26. The SMILES string of the molecule is CCC(Cl)(CC)c1ccc(C(=O)c2ccc(Oc3ccc(C(c4ccc(OC(C)(CC)c5ccc(C(=O)c6ccc(Cl)cc6)cc5)cc4)(C(F)(F)F)C(F)(F)F)cc3)cc2)cc1. The molecule has 0 spiro atoms. The molecule has 0 radical (unpaired) electrons. The number of alkyl halides is 7. The van der Waals surface area contributed by atoms with E-state index >= 15 is 26.3 Å². The van der Waals surface area contributed by atoms with Gasteiger partial charge in [-0.15, -0.1) is 11.6 Å². The summed E-state index contributed by atoms with van der Waals surface area (Å²) in [6, 6.07) is 33.3. The highest BCUT2D eigenvalue weighted by atomic mass is 35.5. The Morgan fingerprint density at radius 2 is 0.790 bits per heavy atom. The number of hydrogen-bond acceptors (Lipinski definition) is 4.